The molecular weight excluding hydrogens is 395 g/mol. The molecule has 31 heavy (non-hydrogen) atoms. The van der Waals surface area contributed by atoms with Crippen LogP contribution in [0.25, 0.3) is 5.69 Å². The van der Waals surface area contributed by atoms with Crippen molar-refractivity contribution in [3.05, 3.63) is 88.6 Å². The Balaban J connectivity index is 1.32. The van der Waals surface area contributed by atoms with Crippen molar-refractivity contribution in [1.29, 1.82) is 0 Å². The van der Waals surface area contributed by atoms with Gasteiger partial charge in [-0.3, -0.25) is 9.36 Å². The van der Waals surface area contributed by atoms with Gasteiger partial charge in [0.1, 0.15) is 23.9 Å². The number of hydrogen-bond donors (Lipinski definition) is 0. The van der Waals surface area contributed by atoms with E-state index in [1.807, 2.05) is 24.3 Å². The first kappa shape index (κ1) is 21.1. The van der Waals surface area contributed by atoms with Crippen LogP contribution >= 0.6 is 0 Å². The van der Waals surface area contributed by atoms with E-state index in [1.54, 1.807) is 29.0 Å². The minimum Gasteiger partial charge on any atom is -0.493 e. The Kier molecular flexibility index (Phi) is 6.37. The molecule has 0 saturated carbocycles. The molecule has 2 heterocycles. The molecule has 3 aromatic rings. The molecule has 162 valence electrons. The zero-order valence-electron chi connectivity index (χ0n) is 17.8. The molecule has 0 radical (unpaired) electrons. The fraction of sp³-hybridized carbons (Fsp3) is 0.320. The molecular formula is C25H27FN2O3. The molecule has 5 nitrogen and oxygen atoms in total. The van der Waals surface area contributed by atoms with Gasteiger partial charge in [0.15, 0.2) is 0 Å². The SMILES string of the molecule is CC(C)N1CC(COc2ccc(-n3ccc(OCc4ccc(F)cc4)cc3=O)cc2)C1. The number of rotatable bonds is 8. The highest BCUT2D eigenvalue weighted by molar-refractivity contribution is 5.38. The summed E-state index contributed by atoms with van der Waals surface area (Å²) in [6.45, 7) is 7.57. The highest BCUT2D eigenvalue weighted by Crippen LogP contribution is 2.21. The van der Waals surface area contributed by atoms with Gasteiger partial charge in [0, 0.05) is 43.0 Å². The third-order valence-electron chi connectivity index (χ3n) is 5.53. The van der Waals surface area contributed by atoms with Crippen LogP contribution in [0.2, 0.25) is 0 Å². The largest absolute Gasteiger partial charge is 0.493 e. The Labute approximate surface area is 181 Å². The van der Waals surface area contributed by atoms with E-state index in [1.165, 1.54) is 18.2 Å². The average molecular weight is 423 g/mol. The van der Waals surface area contributed by atoms with Crippen LogP contribution in [0.15, 0.2) is 71.7 Å². The van der Waals surface area contributed by atoms with E-state index in [0.717, 1.165) is 30.1 Å². The lowest BCUT2D eigenvalue weighted by Gasteiger charge is -2.41. The summed E-state index contributed by atoms with van der Waals surface area (Å²) >= 11 is 0. The summed E-state index contributed by atoms with van der Waals surface area (Å²) in [5.74, 6) is 1.57. The molecule has 1 aliphatic heterocycles. The van der Waals surface area contributed by atoms with Crippen molar-refractivity contribution >= 4 is 0 Å². The van der Waals surface area contributed by atoms with Crippen molar-refractivity contribution in [2.24, 2.45) is 5.92 Å². The Bertz CT molecular complexity index is 1060. The first-order valence-corrected chi connectivity index (χ1v) is 10.5. The quantitative estimate of drug-likeness (QED) is 0.544. The van der Waals surface area contributed by atoms with Gasteiger partial charge in [-0.25, -0.2) is 4.39 Å². The third kappa shape index (κ3) is 5.33. The van der Waals surface area contributed by atoms with Gasteiger partial charge in [-0.15, -0.1) is 0 Å². The highest BCUT2D eigenvalue weighted by Gasteiger charge is 2.28. The molecule has 4 rings (SSSR count). The Morgan fingerprint density at radius 2 is 1.68 bits per heavy atom. The van der Waals surface area contributed by atoms with Crippen LogP contribution in [0.1, 0.15) is 19.4 Å². The van der Waals surface area contributed by atoms with Gasteiger partial charge in [-0.1, -0.05) is 12.1 Å². The minimum absolute atomic E-state index is 0.187. The lowest BCUT2D eigenvalue weighted by Crippen LogP contribution is -2.52. The molecule has 0 spiro atoms. The zero-order chi connectivity index (χ0) is 21.8. The van der Waals surface area contributed by atoms with E-state index in [4.69, 9.17) is 9.47 Å². The van der Waals surface area contributed by atoms with Crippen LogP contribution in [-0.4, -0.2) is 35.2 Å². The van der Waals surface area contributed by atoms with Crippen LogP contribution in [-0.2, 0) is 6.61 Å². The number of nitrogens with zero attached hydrogens (tertiary/aromatic N) is 2. The van der Waals surface area contributed by atoms with Crippen LogP contribution in [0, 0.1) is 11.7 Å². The Hall–Kier alpha value is -3.12. The fourth-order valence-corrected chi connectivity index (χ4v) is 3.57. The van der Waals surface area contributed by atoms with E-state index >= 15 is 0 Å². The van der Waals surface area contributed by atoms with Gasteiger partial charge in [-0.2, -0.15) is 0 Å². The van der Waals surface area contributed by atoms with Gasteiger partial charge < -0.3 is 14.4 Å². The topological polar surface area (TPSA) is 43.7 Å². The molecule has 0 aliphatic carbocycles. The van der Waals surface area contributed by atoms with E-state index in [0.29, 0.717) is 24.3 Å². The summed E-state index contributed by atoms with van der Waals surface area (Å²) in [4.78, 5) is 15.0. The molecule has 1 aliphatic rings. The molecule has 6 heteroatoms. The van der Waals surface area contributed by atoms with Gasteiger partial charge >= 0.3 is 0 Å². The monoisotopic (exact) mass is 422 g/mol. The van der Waals surface area contributed by atoms with Crippen molar-refractivity contribution in [2.45, 2.75) is 26.5 Å². The van der Waals surface area contributed by atoms with Crippen molar-refractivity contribution in [3.8, 4) is 17.2 Å². The van der Waals surface area contributed by atoms with Crippen LogP contribution in [0.3, 0.4) is 0 Å². The fourth-order valence-electron chi connectivity index (χ4n) is 3.57. The highest BCUT2D eigenvalue weighted by atomic mass is 19.1. The molecule has 0 unspecified atom stereocenters. The molecule has 0 atom stereocenters. The predicted molar refractivity (Wildman–Crippen MR) is 118 cm³/mol. The summed E-state index contributed by atoms with van der Waals surface area (Å²) in [6.07, 6.45) is 1.69. The van der Waals surface area contributed by atoms with Crippen LogP contribution in [0.4, 0.5) is 4.39 Å². The first-order chi connectivity index (χ1) is 15.0. The second kappa shape index (κ2) is 9.35. The van der Waals surface area contributed by atoms with Gasteiger partial charge in [-0.05, 0) is 61.9 Å². The van der Waals surface area contributed by atoms with Crippen molar-refractivity contribution in [1.82, 2.24) is 9.47 Å². The molecule has 1 saturated heterocycles. The molecule has 1 aromatic heterocycles. The van der Waals surface area contributed by atoms with E-state index in [9.17, 15) is 9.18 Å². The maximum Gasteiger partial charge on any atom is 0.258 e. The second-order valence-electron chi connectivity index (χ2n) is 8.20. The number of halogens is 1. The lowest BCUT2D eigenvalue weighted by molar-refractivity contribution is 0.0375. The van der Waals surface area contributed by atoms with Crippen molar-refractivity contribution < 1.29 is 13.9 Å². The van der Waals surface area contributed by atoms with Crippen LogP contribution in [0.5, 0.6) is 11.5 Å². The van der Waals surface area contributed by atoms with Gasteiger partial charge in [0.2, 0.25) is 0 Å². The number of likely N-dealkylation sites (tertiary alicyclic amines) is 1. The third-order valence-corrected chi connectivity index (χ3v) is 5.53. The maximum absolute atomic E-state index is 13.0. The smallest absolute Gasteiger partial charge is 0.258 e. The normalized spacial score (nSPS) is 14.5. The standard InChI is InChI=1S/C25H27FN2O3/c1-18(2)27-14-20(15-27)17-30-23-9-7-22(8-10-23)28-12-11-24(13-25(28)29)31-16-19-3-5-21(26)6-4-19/h3-13,18,20H,14-17H2,1-2H3. The summed E-state index contributed by atoms with van der Waals surface area (Å²) in [5, 5.41) is 0. The molecule has 0 N–H and O–H groups in total. The lowest BCUT2D eigenvalue weighted by atomic mass is 9.99. The van der Waals surface area contributed by atoms with Crippen molar-refractivity contribution in [2.75, 3.05) is 19.7 Å². The van der Waals surface area contributed by atoms with Gasteiger partial charge in [0.05, 0.1) is 6.61 Å². The minimum atomic E-state index is -0.288. The zero-order valence-corrected chi connectivity index (χ0v) is 17.8. The number of pyridine rings is 1. The number of aromatic nitrogens is 1. The molecule has 2 aromatic carbocycles. The number of benzene rings is 2. The average Bonchev–Trinajstić information content (AvgIpc) is 2.73. The van der Waals surface area contributed by atoms with E-state index in [2.05, 4.69) is 18.7 Å². The second-order valence-corrected chi connectivity index (χ2v) is 8.20. The van der Waals surface area contributed by atoms with E-state index in [-0.39, 0.29) is 18.0 Å². The van der Waals surface area contributed by atoms with Crippen LogP contribution < -0.4 is 15.0 Å². The van der Waals surface area contributed by atoms with Crippen molar-refractivity contribution in [3.63, 3.8) is 0 Å². The van der Waals surface area contributed by atoms with Gasteiger partial charge in [0.25, 0.3) is 5.56 Å². The summed E-state index contributed by atoms with van der Waals surface area (Å²) in [6, 6.07) is 17.4. The summed E-state index contributed by atoms with van der Waals surface area (Å²) in [5.41, 5.74) is 1.41. The molecule has 1 fully saturated rings. The Morgan fingerprint density at radius 3 is 2.32 bits per heavy atom. The maximum atomic E-state index is 13.0. The summed E-state index contributed by atoms with van der Waals surface area (Å²) in [7, 11) is 0. The number of hydrogen-bond acceptors (Lipinski definition) is 4. The first-order valence-electron chi connectivity index (χ1n) is 10.5. The summed E-state index contributed by atoms with van der Waals surface area (Å²) < 4.78 is 26.1. The van der Waals surface area contributed by atoms with E-state index < -0.39 is 0 Å². The molecule has 0 bridgehead atoms. The Morgan fingerprint density at radius 1 is 0.968 bits per heavy atom. The molecule has 0 amide bonds. The number of ether oxygens (including phenoxy) is 2. The predicted octanol–water partition coefficient (Wildman–Crippen LogP) is 4.27.